The van der Waals surface area contributed by atoms with Crippen LogP contribution in [0.1, 0.15) is 11.1 Å². The molecule has 8 nitrogen and oxygen atoms in total. The topological polar surface area (TPSA) is 104 Å². The Hall–Kier alpha value is -3.49. The predicted octanol–water partition coefficient (Wildman–Crippen LogP) is 1.78. The zero-order valence-corrected chi connectivity index (χ0v) is 18.1. The molecule has 3 N–H and O–H groups in total. The van der Waals surface area contributed by atoms with E-state index in [9.17, 15) is 14.4 Å². The van der Waals surface area contributed by atoms with Gasteiger partial charge in [0.2, 0.25) is 17.7 Å². The molecule has 2 aromatic carbocycles. The van der Waals surface area contributed by atoms with Crippen molar-refractivity contribution in [3.8, 4) is 0 Å². The van der Waals surface area contributed by atoms with Crippen molar-refractivity contribution in [3.63, 3.8) is 0 Å². The first kappa shape index (κ1) is 20.1. The number of amides is 3. The number of para-hydroxylation sites is 2. The van der Waals surface area contributed by atoms with Gasteiger partial charge in [0.05, 0.1) is 25.0 Å². The van der Waals surface area contributed by atoms with E-state index in [0.29, 0.717) is 12.1 Å². The van der Waals surface area contributed by atoms with Gasteiger partial charge in [-0.1, -0.05) is 36.4 Å². The summed E-state index contributed by atoms with van der Waals surface area (Å²) in [5.41, 5.74) is 2.18. The number of carbonyl (C=O) groups is 3. The average Bonchev–Trinajstić information content (AvgIpc) is 3.53. The van der Waals surface area contributed by atoms with Crippen LogP contribution in [0.2, 0.25) is 0 Å². The molecule has 6 rings (SSSR count). The number of carbonyl (C=O) groups excluding carboxylic acids is 3. The van der Waals surface area contributed by atoms with E-state index in [2.05, 4.69) is 15.6 Å². The van der Waals surface area contributed by atoms with E-state index < -0.39 is 17.4 Å². The molecule has 3 amide bonds. The third kappa shape index (κ3) is 2.68. The van der Waals surface area contributed by atoms with E-state index in [1.807, 2.05) is 54.7 Å². The minimum absolute atomic E-state index is 0.181. The number of benzene rings is 2. The van der Waals surface area contributed by atoms with Crippen LogP contribution in [0.3, 0.4) is 0 Å². The number of aromatic nitrogens is 1. The normalized spacial score (nSPS) is 28.1. The molecular weight excluding hydrogens is 420 g/mol. The standard InChI is InChI=1S/C25H24N4O4/c1-33-11-10-29-22(30)20-19(12-14-13-26-17-8-4-2-6-15(14)17)28-25(21(20)23(29)31)16-7-3-5-9-18(16)27-24(25)32/h2-9,13,19-21,26,28H,10-12H2,1H3,(H,27,32)/t19-,20+,21-,25+/m0/s1. The molecule has 0 unspecified atom stereocenters. The first-order valence-corrected chi connectivity index (χ1v) is 11.1. The first-order chi connectivity index (χ1) is 16.1. The lowest BCUT2D eigenvalue weighted by Gasteiger charge is -2.29. The van der Waals surface area contributed by atoms with Gasteiger partial charge in [-0.05, 0) is 24.1 Å². The third-order valence-electron chi connectivity index (χ3n) is 7.35. The highest BCUT2D eigenvalue weighted by Gasteiger charge is 2.70. The molecule has 0 radical (unpaired) electrons. The van der Waals surface area contributed by atoms with Gasteiger partial charge >= 0.3 is 0 Å². The largest absolute Gasteiger partial charge is 0.383 e. The number of likely N-dealkylation sites (tertiary alicyclic amines) is 1. The van der Waals surface area contributed by atoms with Crippen LogP contribution in [-0.4, -0.2) is 53.9 Å². The van der Waals surface area contributed by atoms with Gasteiger partial charge in [-0.3, -0.25) is 24.6 Å². The Labute approximate surface area is 190 Å². The van der Waals surface area contributed by atoms with Gasteiger partial charge in [-0.2, -0.15) is 0 Å². The number of rotatable bonds is 5. The van der Waals surface area contributed by atoms with Gasteiger partial charge in [0.1, 0.15) is 5.54 Å². The van der Waals surface area contributed by atoms with Crippen LogP contribution in [0.5, 0.6) is 0 Å². The predicted molar refractivity (Wildman–Crippen MR) is 121 cm³/mol. The lowest BCUT2D eigenvalue weighted by Crippen LogP contribution is -2.53. The zero-order valence-electron chi connectivity index (χ0n) is 18.1. The maximum absolute atomic E-state index is 13.6. The van der Waals surface area contributed by atoms with E-state index in [0.717, 1.165) is 22.0 Å². The number of H-pyrrole nitrogens is 1. The van der Waals surface area contributed by atoms with E-state index in [1.165, 1.54) is 12.0 Å². The van der Waals surface area contributed by atoms with Crippen molar-refractivity contribution in [2.45, 2.75) is 18.0 Å². The Bertz CT molecular complexity index is 1300. The molecule has 3 aliphatic rings. The van der Waals surface area contributed by atoms with Crippen LogP contribution in [0.15, 0.2) is 54.7 Å². The number of ether oxygens (including phenoxy) is 1. The van der Waals surface area contributed by atoms with Crippen LogP contribution in [-0.2, 0) is 31.1 Å². The summed E-state index contributed by atoms with van der Waals surface area (Å²) >= 11 is 0. The summed E-state index contributed by atoms with van der Waals surface area (Å²) in [4.78, 5) is 45.1. The van der Waals surface area contributed by atoms with Crippen LogP contribution < -0.4 is 10.6 Å². The highest BCUT2D eigenvalue weighted by atomic mass is 16.5. The lowest BCUT2D eigenvalue weighted by molar-refractivity contribution is -0.143. The SMILES string of the molecule is COCCN1C(=O)[C@@H]2[C@H](Cc3c[nH]c4ccccc34)N[C@@]3(C(=O)Nc4ccccc43)[C@@H]2C1=O. The lowest BCUT2D eigenvalue weighted by atomic mass is 9.76. The molecule has 2 fully saturated rings. The Morgan fingerprint density at radius 2 is 1.82 bits per heavy atom. The van der Waals surface area contributed by atoms with Crippen molar-refractivity contribution in [3.05, 3.63) is 65.9 Å². The van der Waals surface area contributed by atoms with Crippen molar-refractivity contribution in [1.82, 2.24) is 15.2 Å². The number of imide groups is 1. The monoisotopic (exact) mass is 444 g/mol. The maximum Gasteiger partial charge on any atom is 0.250 e. The van der Waals surface area contributed by atoms with E-state index >= 15 is 0 Å². The van der Waals surface area contributed by atoms with Gasteiger partial charge in [0.25, 0.3) is 0 Å². The van der Waals surface area contributed by atoms with Gasteiger partial charge in [-0.15, -0.1) is 0 Å². The number of fused-ring (bicyclic) bond motifs is 5. The summed E-state index contributed by atoms with van der Waals surface area (Å²) in [6.45, 7) is 0.438. The fraction of sp³-hybridized carbons (Fsp3) is 0.320. The van der Waals surface area contributed by atoms with Crippen LogP contribution in [0.4, 0.5) is 5.69 Å². The molecule has 0 saturated carbocycles. The molecule has 168 valence electrons. The molecule has 4 atom stereocenters. The summed E-state index contributed by atoms with van der Waals surface area (Å²) in [5, 5.41) is 7.49. The Kier molecular flexibility index (Phi) is 4.43. The summed E-state index contributed by atoms with van der Waals surface area (Å²) in [5.74, 6) is -2.29. The van der Waals surface area contributed by atoms with Crippen molar-refractivity contribution >= 4 is 34.3 Å². The molecular formula is C25H24N4O4. The molecule has 2 saturated heterocycles. The molecule has 33 heavy (non-hydrogen) atoms. The first-order valence-electron chi connectivity index (χ1n) is 11.1. The number of nitrogens with one attached hydrogen (secondary N) is 3. The summed E-state index contributed by atoms with van der Waals surface area (Å²) in [6, 6.07) is 15.0. The third-order valence-corrected chi connectivity index (χ3v) is 7.35. The number of hydrogen-bond donors (Lipinski definition) is 3. The minimum Gasteiger partial charge on any atom is -0.383 e. The maximum atomic E-state index is 13.6. The number of aromatic amines is 1. The van der Waals surface area contributed by atoms with Gasteiger partial charge < -0.3 is 15.0 Å². The average molecular weight is 444 g/mol. The van der Waals surface area contributed by atoms with E-state index in [1.54, 1.807) is 0 Å². The molecule has 0 bridgehead atoms. The molecule has 3 aliphatic heterocycles. The second-order valence-corrected chi connectivity index (χ2v) is 8.95. The summed E-state index contributed by atoms with van der Waals surface area (Å²) in [6.07, 6.45) is 2.46. The Balaban J connectivity index is 1.46. The molecule has 1 aromatic heterocycles. The molecule has 3 aromatic rings. The number of nitrogens with zero attached hydrogens (tertiary/aromatic N) is 1. The number of methoxy groups -OCH3 is 1. The highest BCUT2D eigenvalue weighted by Crippen LogP contribution is 2.53. The van der Waals surface area contributed by atoms with Gasteiger partial charge in [0.15, 0.2) is 0 Å². The van der Waals surface area contributed by atoms with Crippen molar-refractivity contribution in [1.29, 1.82) is 0 Å². The van der Waals surface area contributed by atoms with Gasteiger partial charge in [-0.25, -0.2) is 0 Å². The van der Waals surface area contributed by atoms with Crippen LogP contribution >= 0.6 is 0 Å². The fourth-order valence-corrected chi connectivity index (χ4v) is 5.93. The zero-order chi connectivity index (χ0) is 22.7. The number of hydrogen-bond acceptors (Lipinski definition) is 5. The van der Waals surface area contributed by atoms with E-state index in [4.69, 9.17) is 4.74 Å². The molecule has 1 spiro atoms. The van der Waals surface area contributed by atoms with Crippen LogP contribution in [0, 0.1) is 11.8 Å². The Morgan fingerprint density at radius 3 is 2.67 bits per heavy atom. The molecule has 0 aliphatic carbocycles. The van der Waals surface area contributed by atoms with E-state index in [-0.39, 0.29) is 36.9 Å². The summed E-state index contributed by atoms with van der Waals surface area (Å²) < 4.78 is 5.13. The van der Waals surface area contributed by atoms with Crippen molar-refractivity contribution < 1.29 is 19.1 Å². The Morgan fingerprint density at radius 1 is 1.03 bits per heavy atom. The molecule has 8 heteroatoms. The second-order valence-electron chi connectivity index (χ2n) is 8.95. The summed E-state index contributed by atoms with van der Waals surface area (Å²) in [7, 11) is 1.54. The highest BCUT2D eigenvalue weighted by molar-refractivity contribution is 6.15. The number of anilines is 1. The minimum atomic E-state index is -1.27. The second kappa shape index (κ2) is 7.26. The van der Waals surface area contributed by atoms with Gasteiger partial charge in [0, 0.05) is 41.5 Å². The quantitative estimate of drug-likeness (QED) is 0.521. The van der Waals surface area contributed by atoms with Crippen LogP contribution in [0.25, 0.3) is 10.9 Å². The van der Waals surface area contributed by atoms with Crippen molar-refractivity contribution in [2.75, 3.05) is 25.6 Å². The van der Waals surface area contributed by atoms with Crippen molar-refractivity contribution in [2.24, 2.45) is 11.8 Å². The molecule has 4 heterocycles. The fourth-order valence-electron chi connectivity index (χ4n) is 5.93. The smallest absolute Gasteiger partial charge is 0.250 e.